The minimum Gasteiger partial charge on any atom is -0.394 e. The van der Waals surface area contributed by atoms with E-state index in [1.54, 1.807) is 0 Å². The summed E-state index contributed by atoms with van der Waals surface area (Å²) in [7, 11) is 1.95. The molecule has 0 saturated heterocycles. The standard InChI is InChI=1S/C11H20N4/c1-7(2)10-9(12)11(15(3)14-10)13-8-5-4-6-8/h7-8,13H,4-6,12H2,1-3H3. The van der Waals surface area contributed by atoms with Gasteiger partial charge in [-0.25, -0.2) is 0 Å². The molecule has 84 valence electrons. The third-order valence-corrected chi connectivity index (χ3v) is 3.11. The minimum atomic E-state index is 0.383. The van der Waals surface area contributed by atoms with Crippen LogP contribution in [-0.2, 0) is 7.05 Å². The Kier molecular flexibility index (Phi) is 2.59. The van der Waals surface area contributed by atoms with Crippen molar-refractivity contribution in [2.75, 3.05) is 11.1 Å². The molecule has 0 aliphatic heterocycles. The summed E-state index contributed by atoms with van der Waals surface area (Å²) in [5.74, 6) is 1.37. The second kappa shape index (κ2) is 3.76. The Morgan fingerprint density at radius 3 is 2.53 bits per heavy atom. The van der Waals surface area contributed by atoms with Gasteiger partial charge in [-0.2, -0.15) is 5.10 Å². The van der Waals surface area contributed by atoms with Gasteiger partial charge in [-0.3, -0.25) is 4.68 Å². The molecule has 1 saturated carbocycles. The maximum atomic E-state index is 6.09. The quantitative estimate of drug-likeness (QED) is 0.799. The summed E-state index contributed by atoms with van der Waals surface area (Å²) in [6.07, 6.45) is 3.83. The van der Waals surface area contributed by atoms with E-state index in [0.29, 0.717) is 12.0 Å². The normalized spacial score (nSPS) is 16.8. The fraction of sp³-hybridized carbons (Fsp3) is 0.727. The molecule has 0 aromatic carbocycles. The first kappa shape index (κ1) is 10.3. The predicted octanol–water partition coefficient (Wildman–Crippen LogP) is 2.09. The van der Waals surface area contributed by atoms with E-state index in [4.69, 9.17) is 5.73 Å². The SMILES string of the molecule is CC(C)c1nn(C)c(NC2CCC2)c1N. The molecule has 4 nitrogen and oxygen atoms in total. The van der Waals surface area contributed by atoms with Gasteiger partial charge < -0.3 is 11.1 Å². The molecule has 0 bridgehead atoms. The van der Waals surface area contributed by atoms with Crippen molar-refractivity contribution in [3.05, 3.63) is 5.69 Å². The summed E-state index contributed by atoms with van der Waals surface area (Å²) in [6, 6.07) is 0.600. The second-order valence-corrected chi connectivity index (χ2v) is 4.70. The summed E-state index contributed by atoms with van der Waals surface area (Å²) in [5.41, 5.74) is 7.90. The summed E-state index contributed by atoms with van der Waals surface area (Å²) in [6.45, 7) is 4.23. The van der Waals surface area contributed by atoms with Gasteiger partial charge in [0.25, 0.3) is 0 Å². The van der Waals surface area contributed by atoms with Crippen LogP contribution in [0.25, 0.3) is 0 Å². The van der Waals surface area contributed by atoms with Crippen LogP contribution in [0.3, 0.4) is 0 Å². The predicted molar refractivity (Wildman–Crippen MR) is 63.0 cm³/mol. The van der Waals surface area contributed by atoms with E-state index in [1.807, 2.05) is 11.7 Å². The lowest BCUT2D eigenvalue weighted by molar-refractivity contribution is 0.442. The van der Waals surface area contributed by atoms with Gasteiger partial charge in [-0.15, -0.1) is 0 Å². The van der Waals surface area contributed by atoms with E-state index in [1.165, 1.54) is 19.3 Å². The molecule has 1 aromatic heterocycles. The molecular weight excluding hydrogens is 188 g/mol. The second-order valence-electron chi connectivity index (χ2n) is 4.70. The summed E-state index contributed by atoms with van der Waals surface area (Å²) in [5, 5.41) is 7.92. The van der Waals surface area contributed by atoms with E-state index in [-0.39, 0.29) is 0 Å². The first-order valence-electron chi connectivity index (χ1n) is 5.68. The van der Waals surface area contributed by atoms with Crippen LogP contribution in [0.2, 0.25) is 0 Å². The average molecular weight is 208 g/mol. The number of nitrogens with two attached hydrogens (primary N) is 1. The third-order valence-electron chi connectivity index (χ3n) is 3.11. The molecule has 1 aromatic rings. The monoisotopic (exact) mass is 208 g/mol. The Hall–Kier alpha value is -1.19. The number of rotatable bonds is 3. The molecule has 1 aliphatic carbocycles. The van der Waals surface area contributed by atoms with Crippen LogP contribution < -0.4 is 11.1 Å². The van der Waals surface area contributed by atoms with Crippen molar-refractivity contribution in [2.24, 2.45) is 7.05 Å². The number of nitrogens with zero attached hydrogens (tertiary/aromatic N) is 2. The van der Waals surface area contributed by atoms with Gasteiger partial charge in [0.2, 0.25) is 0 Å². The highest BCUT2D eigenvalue weighted by Crippen LogP contribution is 2.31. The zero-order valence-corrected chi connectivity index (χ0v) is 9.75. The molecule has 1 aliphatic rings. The van der Waals surface area contributed by atoms with Crippen molar-refractivity contribution in [1.29, 1.82) is 0 Å². The third kappa shape index (κ3) is 1.80. The molecule has 15 heavy (non-hydrogen) atoms. The van der Waals surface area contributed by atoms with Crippen molar-refractivity contribution in [2.45, 2.75) is 45.1 Å². The van der Waals surface area contributed by atoms with E-state index in [9.17, 15) is 0 Å². The van der Waals surface area contributed by atoms with Gasteiger partial charge in [-0.05, 0) is 25.2 Å². The van der Waals surface area contributed by atoms with Gasteiger partial charge in [0.05, 0.1) is 11.4 Å². The van der Waals surface area contributed by atoms with Crippen LogP contribution in [0, 0.1) is 0 Å². The summed E-state index contributed by atoms with van der Waals surface area (Å²) >= 11 is 0. The number of nitrogen functional groups attached to an aromatic ring is 1. The molecule has 0 spiro atoms. The van der Waals surface area contributed by atoms with Gasteiger partial charge in [0.15, 0.2) is 0 Å². The Bertz CT molecular complexity index is 350. The molecule has 0 atom stereocenters. The molecule has 0 unspecified atom stereocenters. The molecule has 1 fully saturated rings. The molecule has 4 heteroatoms. The van der Waals surface area contributed by atoms with Gasteiger partial charge in [0.1, 0.15) is 5.82 Å². The van der Waals surface area contributed by atoms with Gasteiger partial charge >= 0.3 is 0 Å². The van der Waals surface area contributed by atoms with Crippen LogP contribution in [0.15, 0.2) is 0 Å². The lowest BCUT2D eigenvalue weighted by Gasteiger charge is -2.27. The smallest absolute Gasteiger partial charge is 0.148 e. The topological polar surface area (TPSA) is 55.9 Å². The summed E-state index contributed by atoms with van der Waals surface area (Å²) < 4.78 is 1.86. The lowest BCUT2D eigenvalue weighted by Crippen LogP contribution is -2.28. The number of hydrogen-bond donors (Lipinski definition) is 2. The Balaban J connectivity index is 2.21. The highest BCUT2D eigenvalue weighted by Gasteiger charge is 2.22. The van der Waals surface area contributed by atoms with E-state index < -0.39 is 0 Å². The van der Waals surface area contributed by atoms with Crippen molar-refractivity contribution in [3.8, 4) is 0 Å². The highest BCUT2D eigenvalue weighted by atomic mass is 15.3. The number of anilines is 2. The maximum absolute atomic E-state index is 6.09. The largest absolute Gasteiger partial charge is 0.394 e. The maximum Gasteiger partial charge on any atom is 0.148 e. The van der Waals surface area contributed by atoms with E-state index >= 15 is 0 Å². The number of aryl methyl sites for hydroxylation is 1. The van der Waals surface area contributed by atoms with Gasteiger partial charge in [0, 0.05) is 13.1 Å². The van der Waals surface area contributed by atoms with Crippen LogP contribution in [0.1, 0.15) is 44.7 Å². The molecule has 1 heterocycles. The molecular formula is C11H20N4. The van der Waals surface area contributed by atoms with Crippen LogP contribution in [0.4, 0.5) is 11.5 Å². The lowest BCUT2D eigenvalue weighted by atomic mass is 9.93. The van der Waals surface area contributed by atoms with Crippen molar-refractivity contribution < 1.29 is 0 Å². The number of hydrogen-bond acceptors (Lipinski definition) is 3. The van der Waals surface area contributed by atoms with Gasteiger partial charge in [-0.1, -0.05) is 13.8 Å². The number of nitrogens with one attached hydrogen (secondary N) is 1. The van der Waals surface area contributed by atoms with Crippen molar-refractivity contribution >= 4 is 11.5 Å². The fourth-order valence-electron chi connectivity index (χ4n) is 1.90. The molecule has 0 amide bonds. The Morgan fingerprint density at radius 2 is 2.13 bits per heavy atom. The first-order valence-corrected chi connectivity index (χ1v) is 5.68. The average Bonchev–Trinajstić information content (AvgIpc) is 2.36. The van der Waals surface area contributed by atoms with Crippen LogP contribution >= 0.6 is 0 Å². The Morgan fingerprint density at radius 1 is 1.47 bits per heavy atom. The highest BCUT2D eigenvalue weighted by molar-refractivity contribution is 5.66. The number of aromatic nitrogens is 2. The van der Waals surface area contributed by atoms with Crippen molar-refractivity contribution in [3.63, 3.8) is 0 Å². The van der Waals surface area contributed by atoms with Crippen LogP contribution in [0.5, 0.6) is 0 Å². The summed E-state index contributed by atoms with van der Waals surface area (Å²) in [4.78, 5) is 0. The minimum absolute atomic E-state index is 0.383. The van der Waals surface area contributed by atoms with E-state index in [0.717, 1.165) is 17.2 Å². The fourth-order valence-corrected chi connectivity index (χ4v) is 1.90. The molecule has 0 radical (unpaired) electrons. The zero-order valence-electron chi connectivity index (χ0n) is 9.75. The van der Waals surface area contributed by atoms with E-state index in [2.05, 4.69) is 24.3 Å². The zero-order chi connectivity index (χ0) is 11.0. The first-order chi connectivity index (χ1) is 7.09. The molecule has 3 N–H and O–H groups in total. The van der Waals surface area contributed by atoms with Crippen LogP contribution in [-0.4, -0.2) is 15.8 Å². The Labute approximate surface area is 90.8 Å². The van der Waals surface area contributed by atoms with Crippen molar-refractivity contribution in [1.82, 2.24) is 9.78 Å². The molecule has 2 rings (SSSR count).